The normalized spacial score (nSPS) is 16.2. The molecule has 0 spiro atoms. The standard InChI is InChI=1S/C16H12F3N5O/c17-16(18,19)15(25)21-8-12-5-10-3-1-2-4-13(10)24(12)14-6-11(7-20)22-9-23-14/h1-4,6,9,12H,5,8H2,(H,21,25)/t12-/m0/s1. The summed E-state index contributed by atoms with van der Waals surface area (Å²) in [6.07, 6.45) is -3.26. The van der Waals surface area contributed by atoms with Crippen molar-refractivity contribution in [3.05, 3.63) is 47.9 Å². The van der Waals surface area contributed by atoms with Crippen LogP contribution in [0.5, 0.6) is 0 Å². The number of halogens is 3. The molecular formula is C16H12F3N5O. The average molecular weight is 347 g/mol. The first kappa shape index (κ1) is 16.7. The lowest BCUT2D eigenvalue weighted by molar-refractivity contribution is -0.173. The Kier molecular flexibility index (Phi) is 4.27. The fourth-order valence-corrected chi connectivity index (χ4v) is 2.78. The van der Waals surface area contributed by atoms with E-state index in [1.165, 1.54) is 12.4 Å². The molecule has 3 rings (SSSR count). The van der Waals surface area contributed by atoms with Crippen LogP contribution in [0.25, 0.3) is 0 Å². The highest BCUT2D eigenvalue weighted by atomic mass is 19.4. The molecule has 2 aromatic rings. The number of fused-ring (bicyclic) bond motifs is 1. The van der Waals surface area contributed by atoms with Crippen molar-refractivity contribution in [2.24, 2.45) is 0 Å². The minimum absolute atomic E-state index is 0.146. The number of nitrogens with zero attached hydrogens (tertiary/aromatic N) is 4. The number of benzene rings is 1. The molecule has 0 saturated heterocycles. The van der Waals surface area contributed by atoms with Crippen LogP contribution in [0.3, 0.4) is 0 Å². The van der Waals surface area contributed by atoms with Crippen LogP contribution in [-0.2, 0) is 11.2 Å². The van der Waals surface area contributed by atoms with Crippen LogP contribution >= 0.6 is 0 Å². The number of alkyl halides is 3. The second-order valence-electron chi connectivity index (χ2n) is 5.44. The lowest BCUT2D eigenvalue weighted by atomic mass is 10.1. The van der Waals surface area contributed by atoms with Crippen LogP contribution in [0.4, 0.5) is 24.7 Å². The molecule has 0 unspecified atom stereocenters. The third-order valence-corrected chi connectivity index (χ3v) is 3.84. The molecule has 1 amide bonds. The van der Waals surface area contributed by atoms with E-state index >= 15 is 0 Å². The van der Waals surface area contributed by atoms with Crippen LogP contribution in [0.1, 0.15) is 11.3 Å². The van der Waals surface area contributed by atoms with Crippen molar-refractivity contribution in [1.82, 2.24) is 15.3 Å². The molecule has 9 heteroatoms. The number of amides is 1. The number of nitrogens with one attached hydrogen (secondary N) is 1. The van der Waals surface area contributed by atoms with E-state index < -0.39 is 18.1 Å². The molecular weight excluding hydrogens is 335 g/mol. The Bertz CT molecular complexity index is 846. The monoisotopic (exact) mass is 347 g/mol. The molecule has 0 bridgehead atoms. The Labute approximate surface area is 140 Å². The van der Waals surface area contributed by atoms with Gasteiger partial charge in [-0.2, -0.15) is 18.4 Å². The zero-order valence-electron chi connectivity index (χ0n) is 12.8. The minimum Gasteiger partial charge on any atom is -0.346 e. The maximum atomic E-state index is 12.4. The van der Waals surface area contributed by atoms with Crippen LogP contribution < -0.4 is 10.2 Å². The van der Waals surface area contributed by atoms with Gasteiger partial charge in [-0.05, 0) is 18.1 Å². The van der Waals surface area contributed by atoms with Gasteiger partial charge in [0.25, 0.3) is 0 Å². The van der Waals surface area contributed by atoms with E-state index in [1.807, 2.05) is 29.6 Å². The first-order valence-corrected chi connectivity index (χ1v) is 7.34. The van der Waals surface area contributed by atoms with Gasteiger partial charge >= 0.3 is 12.1 Å². The fourth-order valence-electron chi connectivity index (χ4n) is 2.78. The summed E-state index contributed by atoms with van der Waals surface area (Å²) in [6, 6.07) is 10.2. The SMILES string of the molecule is N#Cc1cc(N2c3ccccc3C[C@H]2CNC(=O)C(F)(F)F)ncn1. The largest absolute Gasteiger partial charge is 0.471 e. The van der Waals surface area contributed by atoms with E-state index in [0.29, 0.717) is 12.2 Å². The zero-order chi connectivity index (χ0) is 18.0. The molecule has 0 radical (unpaired) electrons. The van der Waals surface area contributed by atoms with Gasteiger partial charge in [0.1, 0.15) is 23.9 Å². The first-order chi connectivity index (χ1) is 11.9. The molecule has 6 nitrogen and oxygen atoms in total. The Balaban J connectivity index is 1.90. The van der Waals surface area contributed by atoms with Crippen molar-refractivity contribution < 1.29 is 18.0 Å². The van der Waals surface area contributed by atoms with Gasteiger partial charge in [0.2, 0.25) is 0 Å². The topological polar surface area (TPSA) is 81.9 Å². The van der Waals surface area contributed by atoms with Gasteiger partial charge in [-0.15, -0.1) is 0 Å². The number of hydrogen-bond donors (Lipinski definition) is 1. The molecule has 1 atom stereocenters. The molecule has 1 aromatic carbocycles. The molecule has 1 aliphatic rings. The Morgan fingerprint density at radius 3 is 2.84 bits per heavy atom. The average Bonchev–Trinajstić information content (AvgIpc) is 2.97. The third kappa shape index (κ3) is 3.38. The second kappa shape index (κ2) is 6.39. The van der Waals surface area contributed by atoms with Gasteiger partial charge in [-0.25, -0.2) is 9.97 Å². The maximum absolute atomic E-state index is 12.4. The highest BCUT2D eigenvalue weighted by molar-refractivity contribution is 5.82. The summed E-state index contributed by atoms with van der Waals surface area (Å²) in [4.78, 5) is 20.8. The molecule has 0 saturated carbocycles. The number of para-hydroxylation sites is 1. The van der Waals surface area contributed by atoms with Gasteiger partial charge in [0.15, 0.2) is 0 Å². The summed E-state index contributed by atoms with van der Waals surface area (Å²) in [5.74, 6) is -1.59. The number of hydrogen-bond acceptors (Lipinski definition) is 5. The lowest BCUT2D eigenvalue weighted by Gasteiger charge is -2.27. The van der Waals surface area contributed by atoms with Crippen molar-refractivity contribution >= 4 is 17.4 Å². The molecule has 1 aliphatic heterocycles. The maximum Gasteiger partial charge on any atom is 0.471 e. The smallest absolute Gasteiger partial charge is 0.346 e. The first-order valence-electron chi connectivity index (χ1n) is 7.34. The van der Waals surface area contributed by atoms with Gasteiger partial charge in [0, 0.05) is 18.3 Å². The summed E-state index contributed by atoms with van der Waals surface area (Å²) in [5.41, 5.74) is 1.84. The van der Waals surface area contributed by atoms with Gasteiger partial charge in [0.05, 0.1) is 6.04 Å². The van der Waals surface area contributed by atoms with Gasteiger partial charge < -0.3 is 10.2 Å². The van der Waals surface area contributed by atoms with E-state index in [-0.39, 0.29) is 12.2 Å². The summed E-state index contributed by atoms with van der Waals surface area (Å²) < 4.78 is 37.3. The van der Waals surface area contributed by atoms with Gasteiger partial charge in [-0.3, -0.25) is 4.79 Å². The van der Waals surface area contributed by atoms with E-state index in [0.717, 1.165) is 11.3 Å². The summed E-state index contributed by atoms with van der Waals surface area (Å²) in [7, 11) is 0. The highest BCUT2D eigenvalue weighted by Crippen LogP contribution is 2.37. The molecule has 2 heterocycles. The van der Waals surface area contributed by atoms with E-state index in [1.54, 1.807) is 11.0 Å². The summed E-state index contributed by atoms with van der Waals surface area (Å²) in [6.45, 7) is -0.209. The molecule has 0 aliphatic carbocycles. The molecule has 1 N–H and O–H groups in total. The van der Waals surface area contributed by atoms with Gasteiger partial charge in [-0.1, -0.05) is 18.2 Å². The van der Waals surface area contributed by atoms with Crippen LogP contribution in [0, 0.1) is 11.3 Å². The zero-order valence-corrected chi connectivity index (χ0v) is 12.8. The molecule has 0 fully saturated rings. The number of carbonyl (C=O) groups is 1. The number of nitriles is 1. The van der Waals surface area contributed by atoms with Crippen LogP contribution in [0.2, 0.25) is 0 Å². The molecule has 1 aromatic heterocycles. The summed E-state index contributed by atoms with van der Waals surface area (Å²) >= 11 is 0. The van der Waals surface area contributed by atoms with E-state index in [2.05, 4.69) is 9.97 Å². The van der Waals surface area contributed by atoms with Crippen molar-refractivity contribution in [3.8, 4) is 6.07 Å². The minimum atomic E-state index is -4.93. The quantitative estimate of drug-likeness (QED) is 0.919. The molecule has 128 valence electrons. The second-order valence-corrected chi connectivity index (χ2v) is 5.44. The Morgan fingerprint density at radius 2 is 2.12 bits per heavy atom. The number of carbonyl (C=O) groups excluding carboxylic acids is 1. The van der Waals surface area contributed by atoms with E-state index in [4.69, 9.17) is 5.26 Å². The lowest BCUT2D eigenvalue weighted by Crippen LogP contribution is -2.44. The number of rotatable bonds is 3. The van der Waals surface area contributed by atoms with Crippen molar-refractivity contribution in [3.63, 3.8) is 0 Å². The predicted octanol–water partition coefficient (Wildman–Crippen LogP) is 2.09. The third-order valence-electron chi connectivity index (χ3n) is 3.84. The predicted molar refractivity (Wildman–Crippen MR) is 81.9 cm³/mol. The van der Waals surface area contributed by atoms with Crippen molar-refractivity contribution in [2.45, 2.75) is 18.6 Å². The Hall–Kier alpha value is -3.15. The number of aromatic nitrogens is 2. The van der Waals surface area contributed by atoms with Crippen molar-refractivity contribution in [2.75, 3.05) is 11.4 Å². The Morgan fingerprint density at radius 1 is 1.36 bits per heavy atom. The van der Waals surface area contributed by atoms with Crippen LogP contribution in [-0.4, -0.2) is 34.6 Å². The number of anilines is 2. The fraction of sp³-hybridized carbons (Fsp3) is 0.250. The van der Waals surface area contributed by atoms with Crippen molar-refractivity contribution in [1.29, 1.82) is 5.26 Å². The summed E-state index contributed by atoms with van der Waals surface area (Å²) in [5, 5.41) is 10.9. The van der Waals surface area contributed by atoms with E-state index in [9.17, 15) is 18.0 Å². The molecule has 25 heavy (non-hydrogen) atoms. The highest BCUT2D eigenvalue weighted by Gasteiger charge is 2.40. The van der Waals surface area contributed by atoms with Crippen LogP contribution in [0.15, 0.2) is 36.7 Å².